The van der Waals surface area contributed by atoms with Crippen molar-refractivity contribution < 1.29 is 0 Å². The predicted molar refractivity (Wildman–Crippen MR) is 65.8 cm³/mol. The summed E-state index contributed by atoms with van der Waals surface area (Å²) >= 11 is 3.58. The lowest BCUT2D eigenvalue weighted by Crippen LogP contribution is -1.80. The van der Waals surface area contributed by atoms with E-state index < -0.39 is 0 Å². The number of halogens is 1. The lowest BCUT2D eigenvalue weighted by molar-refractivity contribution is 0.973. The Hall–Kier alpha value is -1.09. The van der Waals surface area contributed by atoms with E-state index in [4.69, 9.17) is 0 Å². The van der Waals surface area contributed by atoms with Crippen molar-refractivity contribution in [2.75, 3.05) is 0 Å². The molecule has 15 heavy (non-hydrogen) atoms. The highest BCUT2D eigenvalue weighted by molar-refractivity contribution is 9.10. The van der Waals surface area contributed by atoms with Crippen LogP contribution >= 0.6 is 15.9 Å². The fourth-order valence-corrected chi connectivity index (χ4v) is 2.27. The summed E-state index contributed by atoms with van der Waals surface area (Å²) in [5, 5.41) is 7.37. The van der Waals surface area contributed by atoms with E-state index in [0.717, 1.165) is 27.8 Å². The first-order valence-electron chi connectivity index (χ1n) is 5.02. The number of nitrogens with one attached hydrogen (secondary N) is 1. The fraction of sp³-hybridized carbons (Fsp3) is 0.250. The fourth-order valence-electron chi connectivity index (χ4n) is 1.58. The summed E-state index contributed by atoms with van der Waals surface area (Å²) < 4.78 is 1.08. The van der Waals surface area contributed by atoms with Gasteiger partial charge in [-0.25, -0.2) is 0 Å². The van der Waals surface area contributed by atoms with Gasteiger partial charge in [0.05, 0.1) is 4.47 Å². The van der Waals surface area contributed by atoms with E-state index in [1.165, 1.54) is 5.56 Å². The topological polar surface area (TPSA) is 28.7 Å². The van der Waals surface area contributed by atoms with E-state index in [0.29, 0.717) is 0 Å². The number of hydrogen-bond donors (Lipinski definition) is 1. The average molecular weight is 265 g/mol. The molecule has 3 heteroatoms. The van der Waals surface area contributed by atoms with Crippen LogP contribution in [-0.2, 0) is 6.42 Å². The molecule has 0 saturated carbocycles. The standard InChI is InChI=1S/C12H13BrN2/c1-3-10-11(13)12(15-14-10)9-6-4-5-8(2)7-9/h4-7H,3H2,1-2H3,(H,14,15). The van der Waals surface area contributed by atoms with Gasteiger partial charge in [0.1, 0.15) is 5.69 Å². The first-order chi connectivity index (χ1) is 7.22. The van der Waals surface area contributed by atoms with Gasteiger partial charge in [0.2, 0.25) is 0 Å². The molecule has 1 aromatic heterocycles. The molecule has 0 aliphatic heterocycles. The molecule has 1 aromatic carbocycles. The summed E-state index contributed by atoms with van der Waals surface area (Å²) in [7, 11) is 0. The molecule has 1 N–H and O–H groups in total. The molecule has 0 fully saturated rings. The van der Waals surface area contributed by atoms with Gasteiger partial charge < -0.3 is 0 Å². The molecule has 2 nitrogen and oxygen atoms in total. The van der Waals surface area contributed by atoms with E-state index in [9.17, 15) is 0 Å². The second kappa shape index (κ2) is 4.19. The largest absolute Gasteiger partial charge is 0.281 e. The number of aromatic nitrogens is 2. The van der Waals surface area contributed by atoms with E-state index in [-0.39, 0.29) is 0 Å². The van der Waals surface area contributed by atoms with Gasteiger partial charge in [-0.1, -0.05) is 30.7 Å². The third kappa shape index (κ3) is 1.97. The molecular weight excluding hydrogens is 252 g/mol. The highest BCUT2D eigenvalue weighted by Crippen LogP contribution is 2.29. The van der Waals surface area contributed by atoms with Crippen LogP contribution in [0.1, 0.15) is 18.2 Å². The molecule has 0 unspecified atom stereocenters. The van der Waals surface area contributed by atoms with E-state index in [1.54, 1.807) is 0 Å². The minimum Gasteiger partial charge on any atom is -0.281 e. The number of nitrogens with zero attached hydrogens (tertiary/aromatic N) is 1. The molecule has 0 spiro atoms. The monoisotopic (exact) mass is 264 g/mol. The Morgan fingerprint density at radius 3 is 2.80 bits per heavy atom. The maximum absolute atomic E-state index is 4.33. The Morgan fingerprint density at radius 1 is 1.40 bits per heavy atom. The maximum atomic E-state index is 4.33. The molecule has 0 bridgehead atoms. The second-order valence-electron chi connectivity index (χ2n) is 3.59. The number of H-pyrrole nitrogens is 1. The molecule has 0 atom stereocenters. The summed E-state index contributed by atoms with van der Waals surface area (Å²) in [6.07, 6.45) is 0.958. The van der Waals surface area contributed by atoms with Crippen LogP contribution in [0, 0.1) is 6.92 Å². The molecule has 78 valence electrons. The van der Waals surface area contributed by atoms with Crippen molar-refractivity contribution >= 4 is 15.9 Å². The molecule has 0 amide bonds. The Morgan fingerprint density at radius 2 is 2.20 bits per heavy atom. The van der Waals surface area contributed by atoms with Gasteiger partial charge in [0.15, 0.2) is 0 Å². The highest BCUT2D eigenvalue weighted by atomic mass is 79.9. The van der Waals surface area contributed by atoms with Crippen LogP contribution < -0.4 is 0 Å². The van der Waals surface area contributed by atoms with E-state index in [2.05, 4.69) is 64.2 Å². The zero-order valence-electron chi connectivity index (χ0n) is 8.84. The van der Waals surface area contributed by atoms with Gasteiger partial charge in [0, 0.05) is 11.3 Å². The van der Waals surface area contributed by atoms with Crippen molar-refractivity contribution in [3.63, 3.8) is 0 Å². The Labute approximate surface area is 97.8 Å². The van der Waals surface area contributed by atoms with Crippen molar-refractivity contribution in [1.29, 1.82) is 0 Å². The van der Waals surface area contributed by atoms with Crippen molar-refractivity contribution in [3.8, 4) is 11.3 Å². The average Bonchev–Trinajstić information content (AvgIpc) is 2.59. The summed E-state index contributed by atoms with van der Waals surface area (Å²) in [5.74, 6) is 0. The molecule has 1 heterocycles. The quantitative estimate of drug-likeness (QED) is 0.881. The molecule has 0 aliphatic carbocycles. The minimum absolute atomic E-state index is 0.958. The minimum atomic E-state index is 0.958. The van der Waals surface area contributed by atoms with Crippen LogP contribution in [0.4, 0.5) is 0 Å². The molecule has 0 saturated heterocycles. The highest BCUT2D eigenvalue weighted by Gasteiger charge is 2.10. The van der Waals surface area contributed by atoms with Crippen molar-refractivity contribution in [2.24, 2.45) is 0 Å². The predicted octanol–water partition coefficient (Wildman–Crippen LogP) is 3.71. The molecular formula is C12H13BrN2. The van der Waals surface area contributed by atoms with Crippen molar-refractivity contribution in [3.05, 3.63) is 40.0 Å². The van der Waals surface area contributed by atoms with Crippen LogP contribution in [-0.4, -0.2) is 10.2 Å². The van der Waals surface area contributed by atoms with E-state index >= 15 is 0 Å². The first kappa shape index (κ1) is 10.4. The lowest BCUT2D eigenvalue weighted by Gasteiger charge is -1.99. The molecule has 2 aromatic rings. The summed E-state index contributed by atoms with van der Waals surface area (Å²) in [4.78, 5) is 0. The Kier molecular flexibility index (Phi) is 2.91. The van der Waals surface area contributed by atoms with Crippen LogP contribution in [0.2, 0.25) is 0 Å². The molecule has 0 aliphatic rings. The van der Waals surface area contributed by atoms with E-state index in [1.807, 2.05) is 0 Å². The van der Waals surface area contributed by atoms with Gasteiger partial charge in [-0.3, -0.25) is 5.10 Å². The van der Waals surface area contributed by atoms with Crippen LogP contribution in [0.15, 0.2) is 28.7 Å². The van der Waals surface area contributed by atoms with Gasteiger partial charge in [-0.15, -0.1) is 0 Å². The normalized spacial score (nSPS) is 10.6. The second-order valence-corrected chi connectivity index (χ2v) is 4.38. The smallest absolute Gasteiger partial charge is 0.107 e. The maximum Gasteiger partial charge on any atom is 0.107 e. The molecule has 0 radical (unpaired) electrons. The zero-order chi connectivity index (χ0) is 10.8. The number of aromatic amines is 1. The number of benzene rings is 1. The zero-order valence-corrected chi connectivity index (χ0v) is 10.4. The Balaban J connectivity index is 2.49. The van der Waals surface area contributed by atoms with Crippen LogP contribution in [0.5, 0.6) is 0 Å². The van der Waals surface area contributed by atoms with Crippen LogP contribution in [0.3, 0.4) is 0 Å². The van der Waals surface area contributed by atoms with Crippen molar-refractivity contribution in [2.45, 2.75) is 20.3 Å². The Bertz CT molecular complexity index is 474. The van der Waals surface area contributed by atoms with Gasteiger partial charge >= 0.3 is 0 Å². The summed E-state index contributed by atoms with van der Waals surface area (Å²) in [6.45, 7) is 4.20. The lowest BCUT2D eigenvalue weighted by atomic mass is 10.1. The molecule has 2 rings (SSSR count). The van der Waals surface area contributed by atoms with Crippen LogP contribution in [0.25, 0.3) is 11.3 Å². The van der Waals surface area contributed by atoms with Crippen molar-refractivity contribution in [1.82, 2.24) is 10.2 Å². The van der Waals surface area contributed by atoms with Gasteiger partial charge in [-0.05, 0) is 35.3 Å². The summed E-state index contributed by atoms with van der Waals surface area (Å²) in [6, 6.07) is 8.36. The van der Waals surface area contributed by atoms with Gasteiger partial charge in [0.25, 0.3) is 0 Å². The number of rotatable bonds is 2. The van der Waals surface area contributed by atoms with Gasteiger partial charge in [-0.2, -0.15) is 5.10 Å². The number of hydrogen-bond acceptors (Lipinski definition) is 1. The number of aryl methyl sites for hydroxylation is 2. The third-order valence-electron chi connectivity index (χ3n) is 2.42. The third-order valence-corrected chi connectivity index (χ3v) is 3.27. The summed E-state index contributed by atoms with van der Waals surface area (Å²) in [5.41, 5.74) is 4.54. The first-order valence-corrected chi connectivity index (χ1v) is 5.81. The SMILES string of the molecule is CCc1[nH]nc(-c2cccc(C)c2)c1Br.